The first kappa shape index (κ1) is 18.8. The zero-order valence-corrected chi connectivity index (χ0v) is 15.4. The van der Waals surface area contributed by atoms with Crippen molar-refractivity contribution in [3.63, 3.8) is 0 Å². The van der Waals surface area contributed by atoms with E-state index >= 15 is 0 Å². The summed E-state index contributed by atoms with van der Waals surface area (Å²) >= 11 is 0. The Kier molecular flexibility index (Phi) is 5.55. The highest BCUT2D eigenvalue weighted by molar-refractivity contribution is 5.79. The second-order valence-corrected chi connectivity index (χ2v) is 7.52. The third-order valence-corrected chi connectivity index (χ3v) is 5.79. The number of hydrogen-bond donors (Lipinski definition) is 0. The SMILES string of the molecule is Cc1c([N+](=O)[O-])ccc(F)c1CN1CCN(C(=O)C2CCCC2)C(C)C1. The maximum atomic E-state index is 14.2. The van der Waals surface area contributed by atoms with Crippen molar-refractivity contribution >= 4 is 11.6 Å². The van der Waals surface area contributed by atoms with Gasteiger partial charge < -0.3 is 4.90 Å². The van der Waals surface area contributed by atoms with Crippen LogP contribution in [-0.4, -0.2) is 46.3 Å². The third-order valence-electron chi connectivity index (χ3n) is 5.79. The second kappa shape index (κ2) is 7.70. The van der Waals surface area contributed by atoms with Crippen molar-refractivity contribution < 1.29 is 14.1 Å². The van der Waals surface area contributed by atoms with Gasteiger partial charge in [-0.15, -0.1) is 0 Å². The van der Waals surface area contributed by atoms with Gasteiger partial charge in [-0.2, -0.15) is 0 Å². The summed E-state index contributed by atoms with van der Waals surface area (Å²) in [4.78, 5) is 27.3. The molecule has 1 aliphatic carbocycles. The summed E-state index contributed by atoms with van der Waals surface area (Å²) in [6.45, 7) is 5.89. The van der Waals surface area contributed by atoms with Gasteiger partial charge in [0.2, 0.25) is 5.91 Å². The van der Waals surface area contributed by atoms with Crippen LogP contribution in [0, 0.1) is 28.8 Å². The quantitative estimate of drug-likeness (QED) is 0.608. The average Bonchev–Trinajstić information content (AvgIpc) is 3.12. The molecular formula is C19H26FN3O3. The van der Waals surface area contributed by atoms with Gasteiger partial charge in [0.05, 0.1) is 4.92 Å². The minimum atomic E-state index is -0.473. The number of benzene rings is 1. The summed E-state index contributed by atoms with van der Waals surface area (Å²) in [7, 11) is 0. The van der Waals surface area contributed by atoms with E-state index < -0.39 is 10.7 Å². The molecule has 1 aliphatic heterocycles. The minimum absolute atomic E-state index is 0.0514. The predicted octanol–water partition coefficient (Wildman–Crippen LogP) is 3.27. The van der Waals surface area contributed by atoms with Crippen molar-refractivity contribution in [3.8, 4) is 0 Å². The summed E-state index contributed by atoms with van der Waals surface area (Å²) in [6.07, 6.45) is 4.25. The van der Waals surface area contributed by atoms with Gasteiger partial charge in [0, 0.05) is 55.3 Å². The molecule has 2 aliphatic rings. The highest BCUT2D eigenvalue weighted by Crippen LogP contribution is 2.29. The molecule has 2 fully saturated rings. The standard InChI is InChI=1S/C19H26FN3O3/c1-13-11-21(9-10-22(13)19(24)15-5-3-4-6-15)12-16-14(2)18(23(25)26)8-7-17(16)20/h7-8,13,15H,3-6,9-12H2,1-2H3. The predicted molar refractivity (Wildman–Crippen MR) is 96.2 cm³/mol. The normalized spacial score (nSPS) is 22.0. The lowest BCUT2D eigenvalue weighted by Gasteiger charge is -2.41. The zero-order valence-electron chi connectivity index (χ0n) is 15.4. The Bertz CT molecular complexity index is 704. The van der Waals surface area contributed by atoms with Gasteiger partial charge in [0.15, 0.2) is 0 Å². The number of carbonyl (C=O) groups is 1. The molecule has 0 aromatic heterocycles. The maximum absolute atomic E-state index is 14.2. The molecule has 0 N–H and O–H groups in total. The first-order chi connectivity index (χ1) is 12.4. The molecule has 1 amide bonds. The van der Waals surface area contributed by atoms with Crippen LogP contribution in [0.25, 0.3) is 0 Å². The Hall–Kier alpha value is -2.02. The van der Waals surface area contributed by atoms with Crippen molar-refractivity contribution in [2.75, 3.05) is 19.6 Å². The van der Waals surface area contributed by atoms with Crippen LogP contribution in [0.3, 0.4) is 0 Å². The lowest BCUT2D eigenvalue weighted by Crippen LogP contribution is -2.54. The number of piperazine rings is 1. The van der Waals surface area contributed by atoms with Gasteiger partial charge in [-0.1, -0.05) is 12.8 Å². The van der Waals surface area contributed by atoms with Crippen LogP contribution in [0.1, 0.15) is 43.7 Å². The van der Waals surface area contributed by atoms with E-state index in [1.807, 2.05) is 11.8 Å². The van der Waals surface area contributed by atoms with Crippen LogP contribution >= 0.6 is 0 Å². The van der Waals surface area contributed by atoms with E-state index in [9.17, 15) is 19.3 Å². The smallest absolute Gasteiger partial charge is 0.272 e. The third kappa shape index (κ3) is 3.72. The number of nitro benzene ring substituents is 1. The van der Waals surface area contributed by atoms with Crippen molar-refractivity contribution in [3.05, 3.63) is 39.2 Å². The number of nitrogens with zero attached hydrogens (tertiary/aromatic N) is 3. The van der Waals surface area contributed by atoms with Crippen LogP contribution in [0.5, 0.6) is 0 Å². The van der Waals surface area contributed by atoms with E-state index in [2.05, 4.69) is 4.90 Å². The lowest BCUT2D eigenvalue weighted by atomic mass is 10.0. The van der Waals surface area contributed by atoms with Crippen LogP contribution in [0.15, 0.2) is 12.1 Å². The molecule has 1 aromatic carbocycles. The molecule has 7 heteroatoms. The number of amides is 1. The molecule has 0 bridgehead atoms. The summed E-state index contributed by atoms with van der Waals surface area (Å²) < 4.78 is 14.2. The molecule has 0 radical (unpaired) electrons. The van der Waals surface area contributed by atoms with E-state index in [-0.39, 0.29) is 23.6 Å². The number of rotatable bonds is 4. The van der Waals surface area contributed by atoms with Gasteiger partial charge in [0.1, 0.15) is 5.82 Å². The molecular weight excluding hydrogens is 337 g/mol. The average molecular weight is 363 g/mol. The molecule has 1 atom stereocenters. The Morgan fingerprint density at radius 2 is 2.00 bits per heavy atom. The summed E-state index contributed by atoms with van der Waals surface area (Å²) in [5.74, 6) is 0.0121. The van der Waals surface area contributed by atoms with Gasteiger partial charge in [0.25, 0.3) is 5.69 Å². The zero-order chi connectivity index (χ0) is 18.8. The number of nitro groups is 1. The van der Waals surface area contributed by atoms with Crippen molar-refractivity contribution in [2.24, 2.45) is 5.92 Å². The van der Waals surface area contributed by atoms with Gasteiger partial charge in [-0.05, 0) is 32.8 Å². The minimum Gasteiger partial charge on any atom is -0.337 e. The second-order valence-electron chi connectivity index (χ2n) is 7.52. The van der Waals surface area contributed by atoms with Crippen LogP contribution < -0.4 is 0 Å². The molecule has 142 valence electrons. The molecule has 1 aromatic rings. The monoisotopic (exact) mass is 363 g/mol. The molecule has 1 unspecified atom stereocenters. The van der Waals surface area contributed by atoms with Crippen molar-refractivity contribution in [1.29, 1.82) is 0 Å². The first-order valence-corrected chi connectivity index (χ1v) is 9.33. The summed E-state index contributed by atoms with van der Waals surface area (Å²) in [5.41, 5.74) is 0.707. The van der Waals surface area contributed by atoms with Crippen LogP contribution in [-0.2, 0) is 11.3 Å². The highest BCUT2D eigenvalue weighted by Gasteiger charge is 2.33. The molecule has 6 nitrogen and oxygen atoms in total. The molecule has 1 saturated carbocycles. The number of hydrogen-bond acceptors (Lipinski definition) is 4. The van der Waals surface area contributed by atoms with Crippen LogP contribution in [0.4, 0.5) is 10.1 Å². The summed E-state index contributed by atoms with van der Waals surface area (Å²) in [6, 6.07) is 2.46. The Morgan fingerprint density at radius 1 is 1.31 bits per heavy atom. The highest BCUT2D eigenvalue weighted by atomic mass is 19.1. The van der Waals surface area contributed by atoms with Crippen LogP contribution in [0.2, 0.25) is 0 Å². The van der Waals surface area contributed by atoms with Crippen molar-refractivity contribution in [1.82, 2.24) is 9.80 Å². The fraction of sp³-hybridized carbons (Fsp3) is 0.632. The van der Waals surface area contributed by atoms with Crippen molar-refractivity contribution in [2.45, 2.75) is 52.1 Å². The van der Waals surface area contributed by atoms with E-state index in [0.717, 1.165) is 25.7 Å². The molecule has 0 spiro atoms. The maximum Gasteiger partial charge on any atom is 0.272 e. The van der Waals surface area contributed by atoms with Gasteiger partial charge >= 0.3 is 0 Å². The number of halogens is 1. The van der Waals surface area contributed by atoms with E-state index in [1.165, 1.54) is 12.1 Å². The summed E-state index contributed by atoms with van der Waals surface area (Å²) in [5, 5.41) is 11.1. The molecule has 3 rings (SSSR count). The largest absolute Gasteiger partial charge is 0.337 e. The fourth-order valence-corrected chi connectivity index (χ4v) is 4.24. The van der Waals surface area contributed by atoms with Gasteiger partial charge in [-0.25, -0.2) is 4.39 Å². The first-order valence-electron chi connectivity index (χ1n) is 9.33. The molecule has 26 heavy (non-hydrogen) atoms. The van der Waals surface area contributed by atoms with E-state index in [1.54, 1.807) is 6.92 Å². The Labute approximate surface area is 153 Å². The topological polar surface area (TPSA) is 66.7 Å². The Balaban J connectivity index is 1.67. The lowest BCUT2D eigenvalue weighted by molar-refractivity contribution is -0.385. The fourth-order valence-electron chi connectivity index (χ4n) is 4.24. The number of carbonyl (C=O) groups excluding carboxylic acids is 1. The molecule has 1 heterocycles. The Morgan fingerprint density at radius 3 is 2.62 bits per heavy atom. The van der Waals surface area contributed by atoms with E-state index in [4.69, 9.17) is 0 Å². The van der Waals surface area contributed by atoms with Gasteiger partial charge in [-0.3, -0.25) is 19.8 Å². The van der Waals surface area contributed by atoms with E-state index in [0.29, 0.717) is 37.3 Å². The molecule has 1 saturated heterocycles.